The smallest absolute Gasteiger partial charge is 0.251 e. The number of amides is 1. The van der Waals surface area contributed by atoms with Gasteiger partial charge in [0, 0.05) is 31.2 Å². The van der Waals surface area contributed by atoms with Crippen LogP contribution in [-0.2, 0) is 21.2 Å². The second-order valence-electron chi connectivity index (χ2n) is 7.23. The fourth-order valence-electron chi connectivity index (χ4n) is 3.21. The number of nitrogens with two attached hydrogens (primary N) is 1. The molecule has 0 aromatic heterocycles. The third kappa shape index (κ3) is 6.15. The first-order valence-corrected chi connectivity index (χ1v) is 10.9. The van der Waals surface area contributed by atoms with Gasteiger partial charge in [-0.05, 0) is 36.5 Å². The molecule has 1 aliphatic heterocycles. The van der Waals surface area contributed by atoms with Crippen LogP contribution in [0.5, 0.6) is 0 Å². The molecule has 0 saturated carbocycles. The van der Waals surface area contributed by atoms with Crippen molar-refractivity contribution in [3.63, 3.8) is 0 Å². The molecule has 0 bridgehead atoms. The van der Waals surface area contributed by atoms with Gasteiger partial charge >= 0.3 is 0 Å². The number of ether oxygens (including phenoxy) is 1. The maximum Gasteiger partial charge on any atom is 0.251 e. The number of aryl methyl sites for hydroxylation is 1. The zero-order valence-corrected chi connectivity index (χ0v) is 18.4. The van der Waals surface area contributed by atoms with E-state index >= 15 is 0 Å². The molecule has 2 rings (SSSR count). The predicted octanol–water partition coefficient (Wildman–Crippen LogP) is 1.79. The molecule has 1 aromatic carbocycles. The van der Waals surface area contributed by atoms with Crippen LogP contribution in [0.3, 0.4) is 0 Å². The summed E-state index contributed by atoms with van der Waals surface area (Å²) in [5.41, 5.74) is 6.80. The Bertz CT molecular complexity index is 750. The van der Waals surface area contributed by atoms with E-state index in [2.05, 4.69) is 19.2 Å². The first-order valence-electron chi connectivity index (χ1n) is 9.51. The lowest BCUT2D eigenvalue weighted by molar-refractivity contribution is 0.0730. The first kappa shape index (κ1) is 24.8. The molecule has 1 fully saturated rings. The van der Waals surface area contributed by atoms with E-state index in [1.165, 1.54) is 10.4 Å². The lowest BCUT2D eigenvalue weighted by atomic mass is 10.0. The Hall–Kier alpha value is -1.19. The summed E-state index contributed by atoms with van der Waals surface area (Å²) in [6.45, 7) is 7.80. The van der Waals surface area contributed by atoms with Crippen molar-refractivity contribution in [3.05, 3.63) is 29.3 Å². The molecule has 1 saturated heterocycles. The summed E-state index contributed by atoms with van der Waals surface area (Å²) < 4.78 is 32.8. The van der Waals surface area contributed by atoms with E-state index in [4.69, 9.17) is 10.5 Å². The molecule has 1 amide bonds. The molecule has 1 atom stereocenters. The molecule has 1 heterocycles. The Morgan fingerprint density at radius 2 is 1.93 bits per heavy atom. The van der Waals surface area contributed by atoms with Crippen LogP contribution in [-0.4, -0.2) is 57.5 Å². The topological polar surface area (TPSA) is 102 Å². The Morgan fingerprint density at radius 3 is 2.46 bits per heavy atom. The molecule has 1 aromatic rings. The van der Waals surface area contributed by atoms with Gasteiger partial charge in [-0.3, -0.25) is 4.79 Å². The van der Waals surface area contributed by atoms with Gasteiger partial charge in [0.05, 0.1) is 18.1 Å². The largest absolute Gasteiger partial charge is 0.379 e. The SMILES string of the molecule is CCc1ccc(C(=O)NC(CN)CC(C)C)cc1S(=O)(=O)N1CCOCC1.Cl. The van der Waals surface area contributed by atoms with Crippen LogP contribution in [0.4, 0.5) is 0 Å². The Labute approximate surface area is 174 Å². The minimum Gasteiger partial charge on any atom is -0.379 e. The van der Waals surface area contributed by atoms with Crippen LogP contribution in [0.1, 0.15) is 43.1 Å². The van der Waals surface area contributed by atoms with E-state index in [9.17, 15) is 13.2 Å². The lowest BCUT2D eigenvalue weighted by Gasteiger charge is -2.27. The zero-order chi connectivity index (χ0) is 20.0. The Balaban J connectivity index is 0.00000392. The molecule has 160 valence electrons. The number of morpholine rings is 1. The second kappa shape index (κ2) is 11.1. The van der Waals surface area contributed by atoms with Crippen LogP contribution in [0, 0.1) is 5.92 Å². The van der Waals surface area contributed by atoms with Crippen molar-refractivity contribution in [2.45, 2.75) is 44.6 Å². The number of nitrogens with zero attached hydrogens (tertiary/aromatic N) is 1. The first-order chi connectivity index (χ1) is 12.8. The average Bonchev–Trinajstić information content (AvgIpc) is 2.67. The molecule has 0 spiro atoms. The fraction of sp³-hybridized carbons (Fsp3) is 0.632. The summed E-state index contributed by atoms with van der Waals surface area (Å²) in [7, 11) is -3.67. The molecule has 3 N–H and O–H groups in total. The number of hydrogen-bond donors (Lipinski definition) is 2. The monoisotopic (exact) mass is 433 g/mol. The highest BCUT2D eigenvalue weighted by molar-refractivity contribution is 7.89. The third-order valence-electron chi connectivity index (χ3n) is 4.67. The highest BCUT2D eigenvalue weighted by Gasteiger charge is 2.29. The number of hydrogen-bond acceptors (Lipinski definition) is 5. The molecule has 0 radical (unpaired) electrons. The van der Waals surface area contributed by atoms with Crippen molar-refractivity contribution in [2.75, 3.05) is 32.8 Å². The number of carbonyl (C=O) groups excluding carboxylic acids is 1. The molecule has 1 aliphatic rings. The van der Waals surface area contributed by atoms with E-state index in [-0.39, 0.29) is 29.3 Å². The molecular weight excluding hydrogens is 402 g/mol. The zero-order valence-electron chi connectivity index (χ0n) is 16.8. The number of benzene rings is 1. The lowest BCUT2D eigenvalue weighted by Crippen LogP contribution is -2.42. The van der Waals surface area contributed by atoms with Gasteiger partial charge in [-0.1, -0.05) is 26.8 Å². The van der Waals surface area contributed by atoms with Crippen LogP contribution >= 0.6 is 12.4 Å². The summed E-state index contributed by atoms with van der Waals surface area (Å²) in [6.07, 6.45) is 1.34. The van der Waals surface area contributed by atoms with Crippen molar-refractivity contribution in [3.8, 4) is 0 Å². The summed E-state index contributed by atoms with van der Waals surface area (Å²) in [5.74, 6) is 0.103. The summed E-state index contributed by atoms with van der Waals surface area (Å²) in [6, 6.07) is 4.75. The second-order valence-corrected chi connectivity index (χ2v) is 9.13. The number of sulfonamides is 1. The number of carbonyl (C=O) groups is 1. The van der Waals surface area contributed by atoms with Gasteiger partial charge in [0.1, 0.15) is 0 Å². The van der Waals surface area contributed by atoms with Gasteiger partial charge in [0.25, 0.3) is 5.91 Å². The van der Waals surface area contributed by atoms with Crippen molar-refractivity contribution >= 4 is 28.3 Å². The number of rotatable bonds is 8. The van der Waals surface area contributed by atoms with Crippen LogP contribution in [0.15, 0.2) is 23.1 Å². The average molecular weight is 434 g/mol. The van der Waals surface area contributed by atoms with Crippen molar-refractivity contribution in [1.29, 1.82) is 0 Å². The van der Waals surface area contributed by atoms with Crippen molar-refractivity contribution in [1.82, 2.24) is 9.62 Å². The van der Waals surface area contributed by atoms with E-state index in [0.717, 1.165) is 6.42 Å². The highest BCUT2D eigenvalue weighted by atomic mass is 35.5. The van der Waals surface area contributed by atoms with Crippen LogP contribution in [0.2, 0.25) is 0 Å². The van der Waals surface area contributed by atoms with Gasteiger partial charge in [-0.15, -0.1) is 12.4 Å². The van der Waals surface area contributed by atoms with Crippen molar-refractivity contribution < 1.29 is 17.9 Å². The minimum atomic E-state index is -3.67. The van der Waals surface area contributed by atoms with Crippen molar-refractivity contribution in [2.24, 2.45) is 11.7 Å². The summed E-state index contributed by atoms with van der Waals surface area (Å²) in [4.78, 5) is 12.9. The molecule has 7 nitrogen and oxygen atoms in total. The molecule has 1 unspecified atom stereocenters. The summed E-state index contributed by atoms with van der Waals surface area (Å²) in [5, 5.41) is 2.92. The van der Waals surface area contributed by atoms with Gasteiger partial charge in [0.15, 0.2) is 0 Å². The highest BCUT2D eigenvalue weighted by Crippen LogP contribution is 2.23. The minimum absolute atomic E-state index is 0. The normalized spacial score (nSPS) is 16.5. The van der Waals surface area contributed by atoms with Gasteiger partial charge < -0.3 is 15.8 Å². The maximum absolute atomic E-state index is 13.1. The number of nitrogens with one attached hydrogen (secondary N) is 1. The van der Waals surface area contributed by atoms with Gasteiger partial charge in [-0.2, -0.15) is 4.31 Å². The number of halogens is 1. The molecule has 28 heavy (non-hydrogen) atoms. The van der Waals surface area contributed by atoms with Crippen LogP contribution in [0.25, 0.3) is 0 Å². The maximum atomic E-state index is 13.1. The quantitative estimate of drug-likeness (QED) is 0.650. The molecule has 0 aliphatic carbocycles. The summed E-state index contributed by atoms with van der Waals surface area (Å²) >= 11 is 0. The Morgan fingerprint density at radius 1 is 1.29 bits per heavy atom. The Kier molecular flexibility index (Phi) is 9.86. The van der Waals surface area contributed by atoms with Gasteiger partial charge in [0.2, 0.25) is 10.0 Å². The van der Waals surface area contributed by atoms with E-state index < -0.39 is 10.0 Å². The van der Waals surface area contributed by atoms with E-state index in [1.807, 2.05) is 6.92 Å². The third-order valence-corrected chi connectivity index (χ3v) is 6.65. The molecular formula is C19H32ClN3O4S. The van der Waals surface area contributed by atoms with Gasteiger partial charge in [-0.25, -0.2) is 8.42 Å². The van der Waals surface area contributed by atoms with E-state index in [0.29, 0.717) is 56.3 Å². The predicted molar refractivity (Wildman–Crippen MR) is 112 cm³/mol. The molecule has 9 heteroatoms. The standard InChI is InChI=1S/C19H31N3O4S.ClH/c1-4-15-5-6-16(19(23)21-17(13-20)11-14(2)3)12-18(15)27(24,25)22-7-9-26-10-8-22;/h5-6,12,14,17H,4,7-11,13,20H2,1-3H3,(H,21,23);1H. The van der Waals surface area contributed by atoms with Crippen LogP contribution < -0.4 is 11.1 Å². The van der Waals surface area contributed by atoms with E-state index in [1.54, 1.807) is 12.1 Å². The fourth-order valence-corrected chi connectivity index (χ4v) is 4.93.